The second-order valence-corrected chi connectivity index (χ2v) is 3.38. The third-order valence-electron chi connectivity index (χ3n) is 2.39. The minimum Gasteiger partial charge on any atom is -0.507 e. The minimum absolute atomic E-state index is 0.0629. The molecule has 84 valence electrons. The Morgan fingerprint density at radius 2 is 2.00 bits per heavy atom. The van der Waals surface area contributed by atoms with Crippen molar-refractivity contribution in [2.24, 2.45) is 0 Å². The highest BCUT2D eigenvalue weighted by Gasteiger charge is 2.14. The molecule has 1 heterocycles. The lowest BCUT2D eigenvalue weighted by Crippen LogP contribution is -2.03. The quantitative estimate of drug-likeness (QED) is 0.715. The molecule has 0 aliphatic rings. The van der Waals surface area contributed by atoms with Gasteiger partial charge in [0, 0.05) is 12.1 Å². The number of aromatic hydroxyl groups is 2. The van der Waals surface area contributed by atoms with Gasteiger partial charge < -0.3 is 19.4 Å². The first-order chi connectivity index (χ1) is 7.54. The zero-order valence-electron chi connectivity index (χ0n) is 8.77. The largest absolute Gasteiger partial charge is 0.507 e. The van der Waals surface area contributed by atoms with E-state index >= 15 is 0 Å². The number of hydrogen-bond donors (Lipinski definition) is 2. The highest BCUT2D eigenvalue weighted by molar-refractivity contribution is 5.91. The molecule has 0 radical (unpaired) electrons. The lowest BCUT2D eigenvalue weighted by molar-refractivity contribution is 0.405. The van der Waals surface area contributed by atoms with Crippen molar-refractivity contribution in [3.63, 3.8) is 0 Å². The van der Waals surface area contributed by atoms with Crippen LogP contribution in [0.15, 0.2) is 21.3 Å². The van der Waals surface area contributed by atoms with E-state index in [9.17, 15) is 15.0 Å². The van der Waals surface area contributed by atoms with E-state index in [1.54, 1.807) is 0 Å². The number of rotatable bonds is 1. The molecule has 0 saturated carbocycles. The van der Waals surface area contributed by atoms with Gasteiger partial charge in [-0.1, -0.05) is 0 Å². The lowest BCUT2D eigenvalue weighted by atomic mass is 10.1. The number of phenols is 1. The molecular weight excluding hydrogens is 212 g/mol. The van der Waals surface area contributed by atoms with Crippen LogP contribution in [0.5, 0.6) is 17.2 Å². The molecule has 0 fully saturated rings. The van der Waals surface area contributed by atoms with Crippen LogP contribution in [0.2, 0.25) is 0 Å². The Balaban J connectivity index is 2.96. The van der Waals surface area contributed by atoms with Gasteiger partial charge >= 0.3 is 5.63 Å². The third-order valence-corrected chi connectivity index (χ3v) is 2.39. The normalized spacial score (nSPS) is 10.6. The van der Waals surface area contributed by atoms with E-state index in [0.717, 1.165) is 0 Å². The molecule has 0 saturated heterocycles. The van der Waals surface area contributed by atoms with Crippen molar-refractivity contribution in [1.82, 2.24) is 0 Å². The molecule has 0 aliphatic heterocycles. The summed E-state index contributed by atoms with van der Waals surface area (Å²) in [7, 11) is 1.42. The van der Waals surface area contributed by atoms with Gasteiger partial charge in [0.1, 0.15) is 28.2 Å². The van der Waals surface area contributed by atoms with Gasteiger partial charge in [0.15, 0.2) is 0 Å². The molecule has 1 aromatic carbocycles. The Morgan fingerprint density at radius 1 is 1.31 bits per heavy atom. The van der Waals surface area contributed by atoms with Crippen LogP contribution in [0.25, 0.3) is 11.0 Å². The van der Waals surface area contributed by atoms with E-state index in [-0.39, 0.29) is 28.0 Å². The SMILES string of the molecule is COc1cc(O)c2c(O)c(C)c(=O)oc2c1. The highest BCUT2D eigenvalue weighted by Crippen LogP contribution is 2.36. The molecule has 2 aromatic rings. The average Bonchev–Trinajstić information content (AvgIpc) is 2.25. The van der Waals surface area contributed by atoms with E-state index in [1.807, 2.05) is 0 Å². The van der Waals surface area contributed by atoms with Gasteiger partial charge in [-0.25, -0.2) is 4.79 Å². The van der Waals surface area contributed by atoms with Crippen LogP contribution in [-0.4, -0.2) is 17.3 Å². The number of methoxy groups -OCH3 is 1. The van der Waals surface area contributed by atoms with Crippen LogP contribution in [0.1, 0.15) is 5.56 Å². The van der Waals surface area contributed by atoms with E-state index in [0.29, 0.717) is 5.75 Å². The van der Waals surface area contributed by atoms with Gasteiger partial charge in [-0.2, -0.15) is 0 Å². The van der Waals surface area contributed by atoms with E-state index in [1.165, 1.54) is 26.2 Å². The molecule has 5 nitrogen and oxygen atoms in total. The van der Waals surface area contributed by atoms with Crippen molar-refractivity contribution in [2.75, 3.05) is 7.11 Å². The van der Waals surface area contributed by atoms with Gasteiger partial charge in [0.25, 0.3) is 0 Å². The van der Waals surface area contributed by atoms with Crippen molar-refractivity contribution < 1.29 is 19.4 Å². The summed E-state index contributed by atoms with van der Waals surface area (Å²) in [4.78, 5) is 11.3. The van der Waals surface area contributed by atoms with Crippen LogP contribution < -0.4 is 10.4 Å². The highest BCUT2D eigenvalue weighted by atomic mass is 16.5. The molecule has 16 heavy (non-hydrogen) atoms. The Morgan fingerprint density at radius 3 is 2.62 bits per heavy atom. The Labute approximate surface area is 90.5 Å². The van der Waals surface area contributed by atoms with Crippen molar-refractivity contribution in [1.29, 1.82) is 0 Å². The van der Waals surface area contributed by atoms with Gasteiger partial charge in [0.05, 0.1) is 12.7 Å². The van der Waals surface area contributed by atoms with Crippen LogP contribution >= 0.6 is 0 Å². The fourth-order valence-electron chi connectivity index (χ4n) is 1.47. The maximum atomic E-state index is 11.3. The first kappa shape index (κ1) is 10.4. The molecule has 5 heteroatoms. The van der Waals surface area contributed by atoms with Crippen molar-refractivity contribution in [3.05, 3.63) is 28.1 Å². The van der Waals surface area contributed by atoms with E-state index in [4.69, 9.17) is 9.15 Å². The number of fused-ring (bicyclic) bond motifs is 1. The van der Waals surface area contributed by atoms with Crippen molar-refractivity contribution in [3.8, 4) is 17.2 Å². The molecule has 0 unspecified atom stereocenters. The zero-order valence-corrected chi connectivity index (χ0v) is 8.77. The summed E-state index contributed by atoms with van der Waals surface area (Å²) >= 11 is 0. The number of hydrogen-bond acceptors (Lipinski definition) is 5. The molecule has 2 rings (SSSR count). The molecule has 2 N–H and O–H groups in total. The van der Waals surface area contributed by atoms with Gasteiger partial charge in [0.2, 0.25) is 0 Å². The van der Waals surface area contributed by atoms with Gasteiger partial charge in [-0.3, -0.25) is 0 Å². The fraction of sp³-hybridized carbons (Fsp3) is 0.182. The van der Waals surface area contributed by atoms with Crippen molar-refractivity contribution in [2.45, 2.75) is 6.92 Å². The average molecular weight is 222 g/mol. The minimum atomic E-state index is -0.641. The summed E-state index contributed by atoms with van der Waals surface area (Å²) in [5.41, 5.74) is -0.490. The lowest BCUT2D eigenvalue weighted by Gasteiger charge is -2.06. The Kier molecular flexibility index (Phi) is 2.23. The monoisotopic (exact) mass is 222 g/mol. The fourth-order valence-corrected chi connectivity index (χ4v) is 1.47. The van der Waals surface area contributed by atoms with Gasteiger partial charge in [-0.05, 0) is 6.92 Å². The third kappa shape index (κ3) is 1.37. The maximum Gasteiger partial charge on any atom is 0.342 e. The predicted octanol–water partition coefficient (Wildman–Crippen LogP) is 1.52. The topological polar surface area (TPSA) is 79.9 Å². The van der Waals surface area contributed by atoms with Crippen LogP contribution in [0.3, 0.4) is 0 Å². The Hall–Kier alpha value is -2.17. The second-order valence-electron chi connectivity index (χ2n) is 3.38. The second kappa shape index (κ2) is 3.44. The summed E-state index contributed by atoms with van der Waals surface area (Å²) in [6, 6.07) is 2.76. The Bertz CT molecular complexity index is 612. The van der Waals surface area contributed by atoms with Crippen LogP contribution in [0, 0.1) is 6.92 Å². The number of benzene rings is 1. The molecule has 0 amide bonds. The van der Waals surface area contributed by atoms with Crippen molar-refractivity contribution >= 4 is 11.0 Å². The van der Waals surface area contributed by atoms with Crippen LogP contribution in [0.4, 0.5) is 0 Å². The summed E-state index contributed by atoms with van der Waals surface area (Å²) < 4.78 is 9.85. The first-order valence-electron chi connectivity index (χ1n) is 4.58. The van der Waals surface area contributed by atoms with E-state index in [2.05, 4.69) is 0 Å². The molecule has 0 bridgehead atoms. The standard InChI is InChI=1S/C11H10O5/c1-5-10(13)9-7(12)3-6(15-2)4-8(9)16-11(5)14/h3-4,12-13H,1-2H3. The number of phenolic OH excluding ortho intramolecular Hbond substituents is 1. The van der Waals surface area contributed by atoms with Crippen LogP contribution in [-0.2, 0) is 0 Å². The molecular formula is C11H10O5. The summed E-state index contributed by atoms with van der Waals surface area (Å²) in [5, 5.41) is 19.5. The zero-order chi connectivity index (χ0) is 11.9. The van der Waals surface area contributed by atoms with Gasteiger partial charge in [-0.15, -0.1) is 0 Å². The first-order valence-corrected chi connectivity index (χ1v) is 4.58. The molecule has 0 atom stereocenters. The molecule has 0 spiro atoms. The molecule has 0 aliphatic carbocycles. The smallest absolute Gasteiger partial charge is 0.342 e. The van der Waals surface area contributed by atoms with E-state index < -0.39 is 5.63 Å². The number of ether oxygens (including phenoxy) is 1. The predicted molar refractivity (Wildman–Crippen MR) is 57.1 cm³/mol. The summed E-state index contributed by atoms with van der Waals surface area (Å²) in [6.45, 7) is 1.42. The summed E-state index contributed by atoms with van der Waals surface area (Å²) in [6.07, 6.45) is 0. The maximum absolute atomic E-state index is 11.3. The summed E-state index contributed by atoms with van der Waals surface area (Å²) in [5.74, 6) is -0.124. The molecule has 1 aromatic heterocycles.